The number of sulfonamides is 1. The Kier molecular flexibility index (Phi) is 7.88. The molecule has 196 valence electrons. The molecule has 0 spiro atoms. The van der Waals surface area contributed by atoms with Gasteiger partial charge in [-0.25, -0.2) is 13.4 Å². The molecule has 38 heavy (non-hydrogen) atoms. The van der Waals surface area contributed by atoms with Crippen LogP contribution in [0.5, 0.6) is 0 Å². The molecule has 13 heteroatoms. The van der Waals surface area contributed by atoms with Crippen molar-refractivity contribution in [1.29, 1.82) is 0 Å². The minimum absolute atomic E-state index is 0.00304. The van der Waals surface area contributed by atoms with E-state index in [-0.39, 0.29) is 31.7 Å². The number of halogens is 1. The van der Waals surface area contributed by atoms with E-state index >= 15 is 0 Å². The maximum absolute atomic E-state index is 13.2. The highest BCUT2D eigenvalue weighted by atomic mass is 35.5. The SMILES string of the molecule is CCN(CC)S(=O)(=O)c1ccc2nc(NC(=O)c3ccccc3C(=O)c3ccc(Cl)c([N+](=O)[O-])c3)sc2c1. The average Bonchev–Trinajstić information content (AvgIpc) is 3.30. The lowest BCUT2D eigenvalue weighted by atomic mass is 9.97. The Labute approximate surface area is 227 Å². The second kappa shape index (κ2) is 11.0. The number of anilines is 1. The van der Waals surface area contributed by atoms with Crippen LogP contribution in [0.15, 0.2) is 65.6 Å². The summed E-state index contributed by atoms with van der Waals surface area (Å²) in [5.74, 6) is -1.21. The Bertz CT molecular complexity index is 1680. The highest BCUT2D eigenvalue weighted by Gasteiger charge is 2.24. The molecule has 4 rings (SSSR count). The lowest BCUT2D eigenvalue weighted by molar-refractivity contribution is -0.384. The van der Waals surface area contributed by atoms with Crippen LogP contribution < -0.4 is 5.32 Å². The first kappa shape index (κ1) is 27.3. The fourth-order valence-electron chi connectivity index (χ4n) is 3.82. The quantitative estimate of drug-likeness (QED) is 0.161. The van der Waals surface area contributed by atoms with Gasteiger partial charge in [0.05, 0.1) is 25.6 Å². The molecular formula is C25H21ClN4O6S2. The molecule has 0 bridgehead atoms. The van der Waals surface area contributed by atoms with Crippen LogP contribution >= 0.6 is 22.9 Å². The summed E-state index contributed by atoms with van der Waals surface area (Å²) in [6.45, 7) is 4.19. The molecule has 0 aliphatic heterocycles. The van der Waals surface area contributed by atoms with Crippen molar-refractivity contribution in [3.05, 3.63) is 92.5 Å². The van der Waals surface area contributed by atoms with E-state index in [4.69, 9.17) is 11.6 Å². The van der Waals surface area contributed by atoms with Gasteiger partial charge in [0.2, 0.25) is 10.0 Å². The summed E-state index contributed by atoms with van der Waals surface area (Å²) in [7, 11) is -3.67. The number of carbonyl (C=O) groups excluding carboxylic acids is 2. The number of nitro benzene ring substituents is 1. The van der Waals surface area contributed by atoms with Crippen molar-refractivity contribution < 1.29 is 22.9 Å². The van der Waals surface area contributed by atoms with Gasteiger partial charge >= 0.3 is 0 Å². The zero-order valence-corrected chi connectivity index (χ0v) is 22.6. The Morgan fingerprint density at radius 1 is 1.05 bits per heavy atom. The van der Waals surface area contributed by atoms with Crippen LogP contribution in [-0.4, -0.2) is 47.4 Å². The Hall–Kier alpha value is -3.71. The molecule has 1 aromatic heterocycles. The molecule has 0 saturated heterocycles. The fourth-order valence-corrected chi connectivity index (χ4v) is 6.47. The summed E-state index contributed by atoms with van der Waals surface area (Å²) >= 11 is 6.95. The molecule has 1 heterocycles. The molecule has 0 unspecified atom stereocenters. The Morgan fingerprint density at radius 2 is 1.74 bits per heavy atom. The number of nitrogens with zero attached hydrogens (tertiary/aromatic N) is 3. The Morgan fingerprint density at radius 3 is 2.39 bits per heavy atom. The predicted molar refractivity (Wildman–Crippen MR) is 146 cm³/mol. The van der Waals surface area contributed by atoms with Crippen LogP contribution in [0.25, 0.3) is 10.2 Å². The zero-order chi connectivity index (χ0) is 27.6. The number of fused-ring (bicyclic) bond motifs is 1. The average molecular weight is 573 g/mol. The minimum Gasteiger partial charge on any atom is -0.298 e. The van der Waals surface area contributed by atoms with Crippen molar-refractivity contribution in [3.8, 4) is 0 Å². The maximum atomic E-state index is 13.2. The van der Waals surface area contributed by atoms with Crippen LogP contribution in [0.1, 0.15) is 40.1 Å². The largest absolute Gasteiger partial charge is 0.298 e. The number of hydrogen-bond acceptors (Lipinski definition) is 8. The lowest BCUT2D eigenvalue weighted by Gasteiger charge is -2.18. The molecule has 0 aliphatic rings. The smallest absolute Gasteiger partial charge is 0.288 e. The van der Waals surface area contributed by atoms with Crippen LogP contribution in [0.3, 0.4) is 0 Å². The normalized spacial score (nSPS) is 11.6. The number of benzene rings is 3. The number of nitro groups is 1. The van der Waals surface area contributed by atoms with Crippen LogP contribution in [0.2, 0.25) is 5.02 Å². The van der Waals surface area contributed by atoms with Crippen molar-refractivity contribution in [1.82, 2.24) is 9.29 Å². The van der Waals surface area contributed by atoms with Gasteiger partial charge in [0.25, 0.3) is 11.6 Å². The van der Waals surface area contributed by atoms with Crippen LogP contribution in [0, 0.1) is 10.1 Å². The number of amides is 1. The standard InChI is InChI=1S/C25H21ClN4O6S2/c1-3-29(4-2)38(35,36)16-10-12-20-22(14-16)37-25(27-20)28-24(32)18-8-6-5-7-17(18)23(31)15-9-11-19(26)21(13-15)30(33)34/h5-14H,3-4H2,1-2H3,(H,27,28,32). The van der Waals surface area contributed by atoms with E-state index < -0.39 is 32.3 Å². The molecule has 0 radical (unpaired) electrons. The van der Waals surface area contributed by atoms with Gasteiger partial charge < -0.3 is 0 Å². The zero-order valence-electron chi connectivity index (χ0n) is 20.2. The van der Waals surface area contributed by atoms with E-state index in [1.165, 1.54) is 40.7 Å². The number of hydrogen-bond donors (Lipinski definition) is 1. The van der Waals surface area contributed by atoms with E-state index in [0.29, 0.717) is 23.3 Å². The van der Waals surface area contributed by atoms with Crippen LogP contribution in [-0.2, 0) is 10.0 Å². The summed E-state index contributed by atoms with van der Waals surface area (Å²) in [4.78, 5) is 41.3. The van der Waals surface area contributed by atoms with Gasteiger partial charge in [-0.05, 0) is 36.4 Å². The number of aromatic nitrogens is 1. The fraction of sp³-hybridized carbons (Fsp3) is 0.160. The van der Waals surface area contributed by atoms with Crippen molar-refractivity contribution in [2.24, 2.45) is 0 Å². The van der Waals surface area contributed by atoms with Crippen LogP contribution in [0.4, 0.5) is 10.8 Å². The molecule has 0 aliphatic carbocycles. The van der Waals surface area contributed by atoms with E-state index in [0.717, 1.165) is 17.4 Å². The first-order chi connectivity index (χ1) is 18.1. The lowest BCUT2D eigenvalue weighted by Crippen LogP contribution is -2.30. The number of carbonyl (C=O) groups is 2. The van der Waals surface area contributed by atoms with E-state index in [1.54, 1.807) is 32.0 Å². The van der Waals surface area contributed by atoms with Gasteiger partial charge in [0.15, 0.2) is 10.9 Å². The van der Waals surface area contributed by atoms with Crippen molar-refractivity contribution in [3.63, 3.8) is 0 Å². The van der Waals surface area contributed by atoms with E-state index in [1.807, 2.05) is 0 Å². The first-order valence-corrected chi connectivity index (χ1v) is 14.0. The van der Waals surface area contributed by atoms with Crippen molar-refractivity contribution in [2.45, 2.75) is 18.7 Å². The molecule has 0 saturated carbocycles. The minimum atomic E-state index is -3.67. The molecule has 1 N–H and O–H groups in total. The first-order valence-electron chi connectivity index (χ1n) is 11.4. The van der Waals surface area contributed by atoms with Crippen molar-refractivity contribution >= 4 is 65.7 Å². The highest BCUT2D eigenvalue weighted by Crippen LogP contribution is 2.30. The molecule has 0 atom stereocenters. The summed E-state index contributed by atoms with van der Waals surface area (Å²) in [6.07, 6.45) is 0. The van der Waals surface area contributed by atoms with Gasteiger partial charge in [-0.1, -0.05) is 55.0 Å². The molecule has 0 fully saturated rings. The predicted octanol–water partition coefficient (Wildman–Crippen LogP) is 5.37. The van der Waals surface area contributed by atoms with Gasteiger partial charge in [-0.15, -0.1) is 0 Å². The van der Waals surface area contributed by atoms with Gasteiger partial charge in [-0.2, -0.15) is 4.31 Å². The molecule has 3 aromatic carbocycles. The molecule has 1 amide bonds. The third-order valence-corrected chi connectivity index (χ3v) is 9.04. The highest BCUT2D eigenvalue weighted by molar-refractivity contribution is 7.89. The topological polar surface area (TPSA) is 140 Å². The van der Waals surface area contributed by atoms with Gasteiger partial charge in [0, 0.05) is 30.3 Å². The molecular weight excluding hydrogens is 552 g/mol. The molecule has 4 aromatic rings. The third-order valence-electron chi connectivity index (χ3n) is 5.74. The maximum Gasteiger partial charge on any atom is 0.288 e. The second-order valence-electron chi connectivity index (χ2n) is 7.99. The van der Waals surface area contributed by atoms with Gasteiger partial charge in [0.1, 0.15) is 5.02 Å². The summed E-state index contributed by atoms with van der Waals surface area (Å²) in [6, 6.07) is 14.3. The number of thiazole rings is 1. The van der Waals surface area contributed by atoms with Crippen molar-refractivity contribution in [2.75, 3.05) is 18.4 Å². The third kappa shape index (κ3) is 5.29. The number of rotatable bonds is 9. The van der Waals surface area contributed by atoms with E-state index in [2.05, 4.69) is 10.3 Å². The molecule has 10 nitrogen and oxygen atoms in total. The number of nitrogens with one attached hydrogen (secondary N) is 1. The summed E-state index contributed by atoms with van der Waals surface area (Å²) < 4.78 is 27.6. The van der Waals surface area contributed by atoms with Gasteiger partial charge in [-0.3, -0.25) is 25.0 Å². The van der Waals surface area contributed by atoms with E-state index in [9.17, 15) is 28.1 Å². The monoisotopic (exact) mass is 572 g/mol. The summed E-state index contributed by atoms with van der Waals surface area (Å²) in [5, 5.41) is 14.0. The Balaban J connectivity index is 1.63. The summed E-state index contributed by atoms with van der Waals surface area (Å²) in [5.41, 5.74) is 0.163. The second-order valence-corrected chi connectivity index (χ2v) is 11.4. The number of ketones is 1.